The van der Waals surface area contributed by atoms with E-state index in [1.165, 1.54) is 14.2 Å². The van der Waals surface area contributed by atoms with E-state index < -0.39 is 76.1 Å². The maximum Gasteiger partial charge on any atom is 0.338 e. The molecule has 8 N–H and O–H groups in total. The van der Waals surface area contributed by atoms with Crippen molar-refractivity contribution in [3.8, 4) is 51.7 Å². The van der Waals surface area contributed by atoms with Gasteiger partial charge in [-0.15, -0.1) is 23.5 Å². The maximum absolute atomic E-state index is 13.2. The lowest BCUT2D eigenvalue weighted by Crippen LogP contribution is -2.35. The molecule has 0 amide bonds. The average Bonchev–Trinajstić information content (AvgIpc) is 3.04. The van der Waals surface area contributed by atoms with Crippen molar-refractivity contribution >= 4 is 41.4 Å². The van der Waals surface area contributed by atoms with Crippen LogP contribution in [0.4, 0.5) is 0 Å². The Hall–Kier alpha value is -5.03. The van der Waals surface area contributed by atoms with Crippen LogP contribution < -0.4 is 4.74 Å². The topological polar surface area (TPSA) is 250 Å². The molecule has 17 heteroatoms. The molecule has 3 aromatic carbocycles. The summed E-state index contributed by atoms with van der Waals surface area (Å²) < 4.78 is 21.2. The van der Waals surface area contributed by atoms with Crippen LogP contribution in [0, 0.1) is 0 Å². The van der Waals surface area contributed by atoms with E-state index in [4.69, 9.17) is 9.47 Å². The molecule has 0 bridgehead atoms. The van der Waals surface area contributed by atoms with Gasteiger partial charge in [-0.3, -0.25) is 9.59 Å². The number of phenolic OH excluding ortho intramolecular Hbond substituents is 8. The summed E-state index contributed by atoms with van der Waals surface area (Å²) in [6.45, 7) is 0. The highest BCUT2D eigenvalue weighted by molar-refractivity contribution is 7.99. The summed E-state index contributed by atoms with van der Waals surface area (Å²) in [5, 5.41) is 82.6. The molecule has 2 atom stereocenters. The third-order valence-electron chi connectivity index (χ3n) is 7.05. The Morgan fingerprint density at radius 3 is 1.72 bits per heavy atom. The molecule has 0 fully saturated rings. The number of phenols is 8. The van der Waals surface area contributed by atoms with Crippen molar-refractivity contribution in [2.75, 3.05) is 25.7 Å². The summed E-state index contributed by atoms with van der Waals surface area (Å²) >= 11 is 2.07. The van der Waals surface area contributed by atoms with Crippen molar-refractivity contribution in [3.63, 3.8) is 0 Å². The van der Waals surface area contributed by atoms with Crippen LogP contribution in [0.3, 0.4) is 0 Å². The van der Waals surface area contributed by atoms with Crippen molar-refractivity contribution in [2.24, 2.45) is 0 Å². The number of ether oxygens (including phenoxy) is 4. The number of carbonyl (C=O) groups is 3. The van der Waals surface area contributed by atoms with Gasteiger partial charge in [0.05, 0.1) is 31.3 Å². The minimum atomic E-state index is -1.37. The minimum Gasteiger partial charge on any atom is -0.507 e. The molecule has 0 aliphatic carbocycles. The van der Waals surface area contributed by atoms with E-state index in [-0.39, 0.29) is 63.0 Å². The Kier molecular flexibility index (Phi) is 10.8. The number of hydrogen-bond donors (Lipinski definition) is 8. The van der Waals surface area contributed by atoms with Gasteiger partial charge in [0.15, 0.2) is 40.6 Å². The zero-order valence-electron chi connectivity index (χ0n) is 24.8. The lowest BCUT2D eigenvalue weighted by Gasteiger charge is -2.36. The zero-order valence-corrected chi connectivity index (χ0v) is 26.4. The Labute approximate surface area is 274 Å². The molecule has 0 saturated carbocycles. The number of carbonyl (C=O) groups excluding carboxylic acids is 3. The first-order chi connectivity index (χ1) is 22.3. The van der Waals surface area contributed by atoms with Crippen molar-refractivity contribution in [2.45, 2.75) is 30.1 Å². The highest BCUT2D eigenvalue weighted by atomic mass is 32.2. The molecular formula is C30H30O15S2. The van der Waals surface area contributed by atoms with E-state index >= 15 is 0 Å². The van der Waals surface area contributed by atoms with E-state index in [0.29, 0.717) is 0 Å². The largest absolute Gasteiger partial charge is 0.507 e. The quantitative estimate of drug-likeness (QED) is 0.0816. The van der Waals surface area contributed by atoms with Crippen molar-refractivity contribution < 1.29 is 74.2 Å². The molecule has 0 unspecified atom stereocenters. The highest BCUT2D eigenvalue weighted by Gasteiger charge is 2.40. The normalized spacial score (nSPS) is 15.3. The maximum atomic E-state index is 13.2. The molecule has 0 saturated heterocycles. The second-order valence-corrected chi connectivity index (χ2v) is 12.0. The van der Waals surface area contributed by atoms with Crippen molar-refractivity contribution in [1.29, 1.82) is 0 Å². The predicted molar refractivity (Wildman–Crippen MR) is 165 cm³/mol. The first-order valence-electron chi connectivity index (χ1n) is 13.5. The van der Waals surface area contributed by atoms with Crippen LogP contribution in [0.1, 0.15) is 38.7 Å². The Morgan fingerprint density at radius 1 is 0.723 bits per heavy atom. The zero-order chi connectivity index (χ0) is 34.6. The van der Waals surface area contributed by atoms with Crippen LogP contribution in [-0.4, -0.2) is 90.6 Å². The number of hydrogen-bond acceptors (Lipinski definition) is 17. The number of fused-ring (bicyclic) bond motifs is 1. The Morgan fingerprint density at radius 2 is 1.21 bits per heavy atom. The molecule has 1 heterocycles. The number of aromatic hydroxyl groups is 8. The molecule has 0 spiro atoms. The number of esters is 3. The summed E-state index contributed by atoms with van der Waals surface area (Å²) in [6.07, 6.45) is -3.04. The van der Waals surface area contributed by atoms with Crippen LogP contribution in [0.5, 0.6) is 51.7 Å². The second kappa shape index (κ2) is 14.6. The minimum absolute atomic E-state index is 0.00625. The number of benzene rings is 3. The molecule has 15 nitrogen and oxygen atoms in total. The van der Waals surface area contributed by atoms with E-state index in [0.717, 1.165) is 47.8 Å². The average molecular weight is 695 g/mol. The number of thioether (sulfide) groups is 2. The summed E-state index contributed by atoms with van der Waals surface area (Å²) in [5.41, 5.74) is -0.207. The van der Waals surface area contributed by atoms with Crippen LogP contribution in [-0.2, 0) is 41.7 Å². The van der Waals surface area contributed by atoms with E-state index in [1.807, 2.05) is 0 Å². The van der Waals surface area contributed by atoms with Gasteiger partial charge in [0.25, 0.3) is 0 Å². The fraction of sp³-hybridized carbons (Fsp3) is 0.300. The van der Waals surface area contributed by atoms with Gasteiger partial charge in [-0.1, -0.05) is 0 Å². The summed E-state index contributed by atoms with van der Waals surface area (Å²) in [6, 6.07) is 3.75. The smallest absolute Gasteiger partial charge is 0.338 e. The van der Waals surface area contributed by atoms with Crippen LogP contribution in [0.25, 0.3) is 0 Å². The highest BCUT2D eigenvalue weighted by Crippen LogP contribution is 2.51. The molecule has 1 aliphatic rings. The van der Waals surface area contributed by atoms with Gasteiger partial charge in [-0.25, -0.2) is 4.79 Å². The van der Waals surface area contributed by atoms with Crippen LogP contribution in [0.2, 0.25) is 0 Å². The lowest BCUT2D eigenvalue weighted by atomic mass is 9.90. The fourth-order valence-electron chi connectivity index (χ4n) is 4.68. The molecule has 252 valence electrons. The Balaban J connectivity index is 1.83. The van der Waals surface area contributed by atoms with Crippen molar-refractivity contribution in [1.82, 2.24) is 0 Å². The van der Waals surface area contributed by atoms with E-state index in [1.54, 1.807) is 0 Å². The van der Waals surface area contributed by atoms with Gasteiger partial charge >= 0.3 is 17.9 Å². The van der Waals surface area contributed by atoms with Crippen LogP contribution >= 0.6 is 23.5 Å². The molecule has 47 heavy (non-hydrogen) atoms. The molecule has 0 radical (unpaired) electrons. The van der Waals surface area contributed by atoms with Crippen LogP contribution in [0.15, 0.2) is 24.3 Å². The van der Waals surface area contributed by atoms with Gasteiger partial charge < -0.3 is 59.8 Å². The SMILES string of the molecule is COC(=O)CSCc1c(O)c(CSCC(=O)OC)c2c(c1O)C[C@@H](OC(=O)c1cc(O)c(O)c(O)c1)[C@@H](c1cc(O)c(O)c(O)c1)O2. The summed E-state index contributed by atoms with van der Waals surface area (Å²) in [7, 11) is 2.41. The fourth-order valence-corrected chi connectivity index (χ4v) is 6.40. The Bertz CT molecular complexity index is 1660. The summed E-state index contributed by atoms with van der Waals surface area (Å²) in [4.78, 5) is 36.7. The number of rotatable bonds is 11. The first kappa shape index (κ1) is 34.8. The lowest BCUT2D eigenvalue weighted by molar-refractivity contribution is -0.138. The predicted octanol–water partition coefficient (Wildman–Crippen LogP) is 3.05. The van der Waals surface area contributed by atoms with Gasteiger partial charge in [0.2, 0.25) is 0 Å². The van der Waals surface area contributed by atoms with Gasteiger partial charge in [-0.05, 0) is 24.3 Å². The van der Waals surface area contributed by atoms with Gasteiger partial charge in [0.1, 0.15) is 23.4 Å². The first-order valence-corrected chi connectivity index (χ1v) is 15.8. The molecule has 1 aliphatic heterocycles. The second-order valence-electron chi connectivity index (χ2n) is 10.1. The molecule has 4 rings (SSSR count). The van der Waals surface area contributed by atoms with E-state index in [9.17, 15) is 55.2 Å². The van der Waals surface area contributed by atoms with Crippen molar-refractivity contribution in [3.05, 3.63) is 52.1 Å². The number of methoxy groups -OCH3 is 2. The third-order valence-corrected chi connectivity index (χ3v) is 8.92. The molecule has 0 aromatic heterocycles. The monoisotopic (exact) mass is 694 g/mol. The standard InChI is InChI=1S/C30H30O15S2/c1-42-22(35)10-46-8-15-24(37)14-7-21(44-30(41)13-5-19(33)27(40)20(34)6-13)28(12-3-17(31)26(39)18(32)4-12)45-29(14)16(25(15)38)9-47-11-23(36)43-2/h3-6,21,28,31-34,37-40H,7-11H2,1-2H3/t21-,28-/m1/s1. The van der Waals surface area contributed by atoms with E-state index in [2.05, 4.69) is 9.47 Å². The van der Waals surface area contributed by atoms with Gasteiger partial charge in [-0.2, -0.15) is 0 Å². The molecular weight excluding hydrogens is 664 g/mol. The summed E-state index contributed by atoms with van der Waals surface area (Å²) in [5.74, 6) is -8.33. The third kappa shape index (κ3) is 7.52. The van der Waals surface area contributed by atoms with Gasteiger partial charge in [0, 0.05) is 40.2 Å². The molecule has 3 aromatic rings.